The van der Waals surface area contributed by atoms with Crippen LogP contribution in [0.15, 0.2) is 48.9 Å². The average molecular weight is 527 g/mol. The summed E-state index contributed by atoms with van der Waals surface area (Å²) in [7, 11) is 1.57. The molecule has 0 unspecified atom stereocenters. The van der Waals surface area contributed by atoms with Crippen molar-refractivity contribution in [1.82, 2.24) is 20.3 Å². The van der Waals surface area contributed by atoms with E-state index in [1.807, 2.05) is 0 Å². The van der Waals surface area contributed by atoms with E-state index in [4.69, 9.17) is 14.6 Å². The van der Waals surface area contributed by atoms with E-state index in [1.54, 1.807) is 31.5 Å². The maximum atomic E-state index is 13.3. The van der Waals surface area contributed by atoms with Gasteiger partial charge >= 0.3 is 0 Å². The van der Waals surface area contributed by atoms with Crippen molar-refractivity contribution in [3.05, 3.63) is 59.6 Å². The van der Waals surface area contributed by atoms with Crippen molar-refractivity contribution in [2.24, 2.45) is 0 Å². The van der Waals surface area contributed by atoms with Crippen molar-refractivity contribution in [1.29, 1.82) is 0 Å². The number of methoxy groups -OCH3 is 1. The van der Waals surface area contributed by atoms with Gasteiger partial charge < -0.3 is 30.5 Å². The number of amides is 1. The van der Waals surface area contributed by atoms with Crippen LogP contribution in [0.2, 0.25) is 0 Å². The number of fused-ring (bicyclic) bond motifs is 1. The highest BCUT2D eigenvalue weighted by Gasteiger charge is 2.14. The van der Waals surface area contributed by atoms with Crippen molar-refractivity contribution >= 4 is 44.8 Å². The SMILES string of the molecule is COc1cc2c(Nc3ncc(CC(=O)Nc4cccc(F)c4)s3)ncnc2cc1OCCCNCCO. The van der Waals surface area contributed by atoms with Crippen molar-refractivity contribution in [3.63, 3.8) is 0 Å². The molecule has 2 aromatic carbocycles. The molecule has 0 fully saturated rings. The summed E-state index contributed by atoms with van der Waals surface area (Å²) in [6.45, 7) is 1.86. The molecule has 12 heteroatoms. The Balaban J connectivity index is 1.41. The van der Waals surface area contributed by atoms with Crippen molar-refractivity contribution in [2.75, 3.05) is 44.0 Å². The molecule has 194 valence electrons. The zero-order valence-electron chi connectivity index (χ0n) is 20.2. The Labute approximate surface area is 216 Å². The van der Waals surface area contributed by atoms with Gasteiger partial charge in [-0.05, 0) is 37.2 Å². The van der Waals surface area contributed by atoms with Crippen LogP contribution in [-0.2, 0) is 11.2 Å². The first-order chi connectivity index (χ1) is 18.1. The molecule has 4 rings (SSSR count). The average Bonchev–Trinajstić information content (AvgIpc) is 3.32. The molecule has 10 nitrogen and oxygen atoms in total. The molecule has 0 bridgehead atoms. The molecule has 1 amide bonds. The predicted octanol–water partition coefficient (Wildman–Crippen LogP) is 3.51. The zero-order valence-corrected chi connectivity index (χ0v) is 21.0. The van der Waals surface area contributed by atoms with Crippen LogP contribution in [0.3, 0.4) is 0 Å². The van der Waals surface area contributed by atoms with E-state index in [9.17, 15) is 9.18 Å². The number of thiazole rings is 1. The number of aromatic nitrogens is 3. The molecule has 4 aromatic rings. The quantitative estimate of drug-likeness (QED) is 0.193. The molecule has 0 saturated carbocycles. The highest BCUT2D eigenvalue weighted by atomic mass is 32.1. The first-order valence-corrected chi connectivity index (χ1v) is 12.4. The Morgan fingerprint density at radius 3 is 2.84 bits per heavy atom. The minimum absolute atomic E-state index is 0.101. The first-order valence-electron chi connectivity index (χ1n) is 11.6. The largest absolute Gasteiger partial charge is 0.493 e. The van der Waals surface area contributed by atoms with E-state index in [1.165, 1.54) is 35.9 Å². The highest BCUT2D eigenvalue weighted by Crippen LogP contribution is 2.35. The lowest BCUT2D eigenvalue weighted by atomic mass is 10.2. The van der Waals surface area contributed by atoms with Crippen molar-refractivity contribution in [2.45, 2.75) is 12.8 Å². The van der Waals surface area contributed by atoms with Gasteiger partial charge in [0.15, 0.2) is 16.6 Å². The van der Waals surface area contributed by atoms with Crippen LogP contribution in [0, 0.1) is 5.82 Å². The van der Waals surface area contributed by atoms with E-state index in [2.05, 4.69) is 30.9 Å². The fourth-order valence-corrected chi connectivity index (χ4v) is 4.31. The van der Waals surface area contributed by atoms with Gasteiger partial charge in [-0.25, -0.2) is 19.3 Å². The van der Waals surface area contributed by atoms with Gasteiger partial charge in [-0.2, -0.15) is 0 Å². The smallest absolute Gasteiger partial charge is 0.229 e. The van der Waals surface area contributed by atoms with Crippen molar-refractivity contribution in [3.8, 4) is 11.5 Å². The van der Waals surface area contributed by atoms with Gasteiger partial charge in [0.05, 0.1) is 32.3 Å². The summed E-state index contributed by atoms with van der Waals surface area (Å²) < 4.78 is 24.7. The number of hydrogen-bond acceptors (Lipinski definition) is 10. The lowest BCUT2D eigenvalue weighted by Crippen LogP contribution is -2.20. The number of nitrogens with zero attached hydrogens (tertiary/aromatic N) is 3. The normalized spacial score (nSPS) is 10.9. The second-order valence-electron chi connectivity index (χ2n) is 7.91. The standard InChI is InChI=1S/C25H27FN6O4S/c1-35-21-12-19-20(13-22(21)36-9-3-6-27-7-8-33)29-15-30-24(19)32-25-28-14-18(37-25)11-23(34)31-17-5-2-4-16(26)10-17/h2,4-5,10,12-15,27,33H,3,6-9,11H2,1H3,(H,31,34)(H,28,29,30,32). The molecule has 0 radical (unpaired) electrons. The molecule has 4 N–H and O–H groups in total. The zero-order chi connectivity index (χ0) is 26.0. The van der Waals surface area contributed by atoms with E-state index >= 15 is 0 Å². The lowest BCUT2D eigenvalue weighted by molar-refractivity contribution is -0.115. The number of aliphatic hydroxyl groups excluding tert-OH is 1. The maximum absolute atomic E-state index is 13.3. The topological polar surface area (TPSA) is 131 Å². The second-order valence-corrected chi connectivity index (χ2v) is 9.03. The van der Waals surface area contributed by atoms with Crippen molar-refractivity contribution < 1.29 is 23.8 Å². The van der Waals surface area contributed by atoms with Gasteiger partial charge in [0.2, 0.25) is 5.91 Å². The second kappa shape index (κ2) is 12.9. The minimum atomic E-state index is -0.416. The molecular formula is C25H27FN6O4S. The maximum Gasteiger partial charge on any atom is 0.229 e. The Hall–Kier alpha value is -3.87. The van der Waals surface area contributed by atoms with Crippen LogP contribution < -0.4 is 25.4 Å². The van der Waals surface area contributed by atoms with Gasteiger partial charge in [0.25, 0.3) is 0 Å². The molecule has 2 heterocycles. The number of hydrogen-bond donors (Lipinski definition) is 4. The summed E-state index contributed by atoms with van der Waals surface area (Å²) in [6, 6.07) is 9.34. The van der Waals surface area contributed by atoms with E-state index in [-0.39, 0.29) is 18.9 Å². The number of carbonyl (C=O) groups is 1. The molecule has 0 aliphatic rings. The van der Waals surface area contributed by atoms with Gasteiger partial charge in [-0.3, -0.25) is 4.79 Å². The molecular weight excluding hydrogens is 499 g/mol. The Kier molecular flexibility index (Phi) is 9.13. The third-order valence-corrected chi connectivity index (χ3v) is 6.10. The van der Waals surface area contributed by atoms with Crippen LogP contribution in [0.25, 0.3) is 10.9 Å². The molecule has 0 atom stereocenters. The van der Waals surface area contributed by atoms with Crippen LogP contribution in [-0.4, -0.2) is 59.4 Å². The van der Waals surface area contributed by atoms with Crippen LogP contribution in [0.1, 0.15) is 11.3 Å². The third-order valence-electron chi connectivity index (χ3n) is 5.19. The first kappa shape index (κ1) is 26.2. The summed E-state index contributed by atoms with van der Waals surface area (Å²) in [5.74, 6) is 0.967. The van der Waals surface area contributed by atoms with Crippen LogP contribution in [0.4, 0.5) is 21.0 Å². The van der Waals surface area contributed by atoms with E-state index in [0.717, 1.165) is 23.2 Å². The van der Waals surface area contributed by atoms with Gasteiger partial charge in [0.1, 0.15) is 18.0 Å². The predicted molar refractivity (Wildman–Crippen MR) is 140 cm³/mol. The Morgan fingerprint density at radius 1 is 1.14 bits per heavy atom. The van der Waals surface area contributed by atoms with Crippen LogP contribution >= 0.6 is 11.3 Å². The summed E-state index contributed by atoms with van der Waals surface area (Å²) >= 11 is 1.32. The summed E-state index contributed by atoms with van der Waals surface area (Å²) in [6.07, 6.45) is 3.93. The Morgan fingerprint density at radius 2 is 2.03 bits per heavy atom. The molecule has 0 saturated heterocycles. The number of anilines is 3. The molecule has 2 aromatic heterocycles. The number of rotatable bonds is 13. The molecule has 0 spiro atoms. The minimum Gasteiger partial charge on any atom is -0.493 e. The molecule has 0 aliphatic carbocycles. The summed E-state index contributed by atoms with van der Waals surface area (Å²) in [5.41, 5.74) is 1.06. The molecule has 0 aliphatic heterocycles. The highest BCUT2D eigenvalue weighted by molar-refractivity contribution is 7.15. The summed E-state index contributed by atoms with van der Waals surface area (Å²) in [4.78, 5) is 26.1. The number of aliphatic hydroxyl groups is 1. The number of carbonyl (C=O) groups excluding carboxylic acids is 1. The van der Waals surface area contributed by atoms with Gasteiger partial charge in [-0.1, -0.05) is 6.07 Å². The molecule has 37 heavy (non-hydrogen) atoms. The Bertz CT molecular complexity index is 1350. The monoisotopic (exact) mass is 526 g/mol. The van der Waals surface area contributed by atoms with E-state index in [0.29, 0.717) is 46.8 Å². The number of halogens is 1. The fraction of sp³-hybridized carbons (Fsp3) is 0.280. The van der Waals surface area contributed by atoms with Gasteiger partial charge in [0, 0.05) is 34.8 Å². The number of nitrogens with one attached hydrogen (secondary N) is 3. The van der Waals surface area contributed by atoms with E-state index < -0.39 is 5.82 Å². The summed E-state index contributed by atoms with van der Waals surface area (Å²) in [5, 5.41) is 19.1. The van der Waals surface area contributed by atoms with Crippen LogP contribution in [0.5, 0.6) is 11.5 Å². The fourth-order valence-electron chi connectivity index (χ4n) is 3.50. The third kappa shape index (κ3) is 7.32. The lowest BCUT2D eigenvalue weighted by Gasteiger charge is -2.13. The van der Waals surface area contributed by atoms with Gasteiger partial charge in [-0.15, -0.1) is 11.3 Å². The number of benzene rings is 2. The number of ether oxygens (including phenoxy) is 2.